The first-order valence-electron chi connectivity index (χ1n) is 4.22. The minimum absolute atomic E-state index is 0.278. The van der Waals surface area contributed by atoms with Gasteiger partial charge < -0.3 is 0 Å². The predicted octanol–water partition coefficient (Wildman–Crippen LogP) is 1.14. The molecular formula is C9H8N4O2. The number of benzene rings is 1. The molecule has 2 amide bonds. The van der Waals surface area contributed by atoms with Gasteiger partial charge in [-0.05, 0) is 12.1 Å². The minimum atomic E-state index is -0.750. The molecule has 0 radical (unpaired) electrons. The smallest absolute Gasteiger partial charge is 0.289 e. The summed E-state index contributed by atoms with van der Waals surface area (Å²) in [4.78, 5) is 19.0. The van der Waals surface area contributed by atoms with Crippen LogP contribution in [0.4, 0.5) is 10.6 Å². The Morgan fingerprint density at radius 1 is 1.27 bits per heavy atom. The van der Waals surface area contributed by atoms with Gasteiger partial charge in [0.25, 0.3) is 0 Å². The number of nitrogens with zero attached hydrogens (tertiary/aromatic N) is 2. The van der Waals surface area contributed by atoms with Crippen LogP contribution in [0.25, 0.3) is 11.0 Å². The van der Waals surface area contributed by atoms with Gasteiger partial charge in [0.2, 0.25) is 0 Å². The third kappa shape index (κ3) is 2.00. The van der Waals surface area contributed by atoms with Crippen LogP contribution < -0.4 is 10.8 Å². The first kappa shape index (κ1) is 9.35. The molecule has 0 spiro atoms. The molecule has 2 aromatic rings. The van der Waals surface area contributed by atoms with Crippen LogP contribution >= 0.6 is 0 Å². The first-order valence-corrected chi connectivity index (χ1v) is 4.22. The number of amides is 2. The monoisotopic (exact) mass is 204 g/mol. The lowest BCUT2D eigenvalue weighted by Gasteiger charge is -2.02. The normalized spacial score (nSPS) is 9.93. The Balaban J connectivity index is 2.34. The quantitative estimate of drug-likeness (QED) is 0.480. The Hall–Kier alpha value is -2.21. The topological polar surface area (TPSA) is 87.1 Å². The highest BCUT2D eigenvalue weighted by Gasteiger charge is 2.02. The average molecular weight is 204 g/mol. The van der Waals surface area contributed by atoms with Gasteiger partial charge in [-0.15, -0.1) is 0 Å². The summed E-state index contributed by atoms with van der Waals surface area (Å²) < 4.78 is 0. The van der Waals surface area contributed by atoms with Gasteiger partial charge in [-0.2, -0.15) is 0 Å². The summed E-state index contributed by atoms with van der Waals surface area (Å²) in [5.41, 5.74) is 2.86. The molecule has 0 saturated carbocycles. The number of rotatable bonds is 1. The van der Waals surface area contributed by atoms with Crippen LogP contribution in [0.5, 0.6) is 0 Å². The van der Waals surface area contributed by atoms with E-state index in [-0.39, 0.29) is 5.82 Å². The number of nitrogens with one attached hydrogen (secondary N) is 2. The molecule has 1 aromatic heterocycles. The third-order valence-electron chi connectivity index (χ3n) is 1.79. The maximum absolute atomic E-state index is 10.8. The minimum Gasteiger partial charge on any atom is -0.289 e. The summed E-state index contributed by atoms with van der Waals surface area (Å²) in [5, 5.41) is 10.6. The number of hydrogen-bond donors (Lipinski definition) is 3. The van der Waals surface area contributed by atoms with E-state index in [0.717, 1.165) is 5.52 Å². The molecule has 0 aliphatic carbocycles. The van der Waals surface area contributed by atoms with Gasteiger partial charge >= 0.3 is 6.03 Å². The van der Waals surface area contributed by atoms with Gasteiger partial charge in [-0.3, -0.25) is 15.5 Å². The van der Waals surface area contributed by atoms with Crippen LogP contribution in [0.3, 0.4) is 0 Å². The van der Waals surface area contributed by atoms with E-state index in [9.17, 15) is 4.79 Å². The molecule has 6 nitrogen and oxygen atoms in total. The van der Waals surface area contributed by atoms with E-state index >= 15 is 0 Å². The molecule has 1 aromatic carbocycles. The second-order valence-corrected chi connectivity index (χ2v) is 2.81. The van der Waals surface area contributed by atoms with Gasteiger partial charge in [0, 0.05) is 0 Å². The van der Waals surface area contributed by atoms with Gasteiger partial charge in [-0.25, -0.2) is 15.3 Å². The van der Waals surface area contributed by atoms with Crippen LogP contribution in [0.1, 0.15) is 0 Å². The van der Waals surface area contributed by atoms with E-state index in [1.54, 1.807) is 6.07 Å². The number of carbonyl (C=O) groups is 1. The van der Waals surface area contributed by atoms with Crippen molar-refractivity contribution in [3.8, 4) is 0 Å². The van der Waals surface area contributed by atoms with E-state index < -0.39 is 6.03 Å². The van der Waals surface area contributed by atoms with Gasteiger partial charge in [0.05, 0.1) is 17.2 Å². The Morgan fingerprint density at radius 2 is 2.00 bits per heavy atom. The van der Waals surface area contributed by atoms with Crippen LogP contribution in [0.15, 0.2) is 30.5 Å². The molecule has 1 heterocycles. The number of hydroxylamine groups is 1. The Bertz CT molecular complexity index is 500. The summed E-state index contributed by atoms with van der Waals surface area (Å²) >= 11 is 0. The highest BCUT2D eigenvalue weighted by atomic mass is 16.5. The number of para-hydroxylation sites is 2. The van der Waals surface area contributed by atoms with E-state index in [4.69, 9.17) is 5.21 Å². The van der Waals surface area contributed by atoms with Crippen LogP contribution in [0.2, 0.25) is 0 Å². The molecule has 0 aliphatic rings. The summed E-state index contributed by atoms with van der Waals surface area (Å²) in [6.07, 6.45) is 1.41. The lowest BCUT2D eigenvalue weighted by molar-refractivity contribution is 0.172. The molecule has 76 valence electrons. The second-order valence-electron chi connectivity index (χ2n) is 2.81. The standard InChI is InChI=1S/C9H8N4O2/c14-9(13-15)12-8-5-10-6-3-1-2-4-7(6)11-8/h1-5,15H,(H2,11,12,13,14). The third-order valence-corrected chi connectivity index (χ3v) is 1.79. The van der Waals surface area contributed by atoms with E-state index in [0.29, 0.717) is 5.52 Å². The molecular weight excluding hydrogens is 196 g/mol. The fraction of sp³-hybridized carbons (Fsp3) is 0. The first-order chi connectivity index (χ1) is 7.29. The predicted molar refractivity (Wildman–Crippen MR) is 53.5 cm³/mol. The summed E-state index contributed by atoms with van der Waals surface area (Å²) in [5.74, 6) is 0.278. The van der Waals surface area contributed by atoms with Crippen molar-refractivity contribution >= 4 is 22.9 Å². The highest BCUT2D eigenvalue weighted by molar-refractivity contribution is 5.88. The molecule has 0 unspecified atom stereocenters. The van der Waals surface area contributed by atoms with Gasteiger partial charge in [-0.1, -0.05) is 12.1 Å². The molecule has 15 heavy (non-hydrogen) atoms. The molecule has 0 bridgehead atoms. The van der Waals surface area contributed by atoms with Crippen molar-refractivity contribution in [1.29, 1.82) is 0 Å². The fourth-order valence-electron chi connectivity index (χ4n) is 1.16. The maximum atomic E-state index is 10.8. The SMILES string of the molecule is O=C(NO)Nc1cnc2ccccc2n1. The maximum Gasteiger partial charge on any atom is 0.344 e. The molecule has 3 N–H and O–H groups in total. The Morgan fingerprint density at radius 3 is 2.73 bits per heavy atom. The molecule has 0 atom stereocenters. The molecule has 0 fully saturated rings. The van der Waals surface area contributed by atoms with Crippen molar-refractivity contribution in [3.05, 3.63) is 30.5 Å². The van der Waals surface area contributed by atoms with E-state index in [1.807, 2.05) is 18.2 Å². The van der Waals surface area contributed by atoms with Crippen molar-refractivity contribution in [3.63, 3.8) is 0 Å². The zero-order valence-corrected chi connectivity index (χ0v) is 7.64. The van der Waals surface area contributed by atoms with Crippen LogP contribution in [0, 0.1) is 0 Å². The lowest BCUT2D eigenvalue weighted by atomic mass is 10.3. The van der Waals surface area contributed by atoms with E-state index in [1.165, 1.54) is 11.7 Å². The second kappa shape index (κ2) is 3.89. The van der Waals surface area contributed by atoms with Crippen molar-refractivity contribution in [2.45, 2.75) is 0 Å². The van der Waals surface area contributed by atoms with Crippen LogP contribution in [-0.2, 0) is 0 Å². The van der Waals surface area contributed by atoms with Crippen molar-refractivity contribution in [2.24, 2.45) is 0 Å². The summed E-state index contributed by atoms with van der Waals surface area (Å²) in [7, 11) is 0. The lowest BCUT2D eigenvalue weighted by Crippen LogP contribution is -2.25. The van der Waals surface area contributed by atoms with Crippen molar-refractivity contribution in [2.75, 3.05) is 5.32 Å². The number of fused-ring (bicyclic) bond motifs is 1. The highest BCUT2D eigenvalue weighted by Crippen LogP contribution is 2.10. The number of aromatic nitrogens is 2. The molecule has 2 rings (SSSR count). The van der Waals surface area contributed by atoms with Gasteiger partial charge in [0.15, 0.2) is 5.82 Å². The largest absolute Gasteiger partial charge is 0.344 e. The van der Waals surface area contributed by atoms with E-state index in [2.05, 4.69) is 15.3 Å². The summed E-state index contributed by atoms with van der Waals surface area (Å²) in [6.45, 7) is 0. The van der Waals surface area contributed by atoms with Crippen molar-refractivity contribution in [1.82, 2.24) is 15.4 Å². The fourth-order valence-corrected chi connectivity index (χ4v) is 1.16. The molecule has 0 saturated heterocycles. The molecule has 0 aliphatic heterocycles. The van der Waals surface area contributed by atoms with Crippen molar-refractivity contribution < 1.29 is 10.0 Å². The Labute approximate surface area is 84.9 Å². The molecule has 6 heteroatoms. The van der Waals surface area contributed by atoms with Crippen LogP contribution in [-0.4, -0.2) is 21.2 Å². The zero-order valence-electron chi connectivity index (χ0n) is 7.64. The Kier molecular flexibility index (Phi) is 2.42. The number of urea groups is 1. The van der Waals surface area contributed by atoms with Gasteiger partial charge in [0.1, 0.15) is 0 Å². The summed E-state index contributed by atoms with van der Waals surface area (Å²) in [6, 6.07) is 6.53. The number of carbonyl (C=O) groups excluding carboxylic acids is 1. The number of anilines is 1. The number of hydrogen-bond acceptors (Lipinski definition) is 4. The zero-order chi connectivity index (χ0) is 10.7. The average Bonchev–Trinajstić information content (AvgIpc) is 2.29.